The van der Waals surface area contributed by atoms with Gasteiger partial charge in [0.2, 0.25) is 11.8 Å². The highest BCUT2D eigenvalue weighted by Gasteiger charge is 2.34. The molecule has 1 atom stereocenters. The minimum absolute atomic E-state index is 0.0125. The number of nitrogens with one attached hydrogen (secondary N) is 1. The number of nitrogens with zero attached hydrogens (tertiary/aromatic N) is 1. The zero-order valence-corrected chi connectivity index (χ0v) is 14.1. The molecule has 1 saturated heterocycles. The summed E-state index contributed by atoms with van der Waals surface area (Å²) in [6.45, 7) is 2.41. The molecule has 0 spiro atoms. The Morgan fingerprint density at radius 2 is 1.88 bits per heavy atom. The molecule has 1 N–H and O–H groups in total. The second kappa shape index (κ2) is 7.30. The lowest BCUT2D eigenvalue weighted by molar-refractivity contribution is -0.128. The zero-order valence-electron chi connectivity index (χ0n) is 14.1. The first-order chi connectivity index (χ1) is 12.0. The summed E-state index contributed by atoms with van der Waals surface area (Å²) in [6, 6.07) is 16.6. The molecule has 5 nitrogen and oxygen atoms in total. The maximum atomic E-state index is 12.5. The Labute approximate surface area is 146 Å². The number of likely N-dealkylation sites (tertiary alicyclic amines) is 1. The van der Waals surface area contributed by atoms with Crippen molar-refractivity contribution >= 4 is 23.3 Å². The van der Waals surface area contributed by atoms with Gasteiger partial charge in [0, 0.05) is 30.8 Å². The van der Waals surface area contributed by atoms with E-state index in [2.05, 4.69) is 5.32 Å². The van der Waals surface area contributed by atoms with Crippen LogP contribution in [0.5, 0.6) is 0 Å². The Bertz CT molecular complexity index is 802. The van der Waals surface area contributed by atoms with Crippen molar-refractivity contribution < 1.29 is 14.4 Å². The van der Waals surface area contributed by atoms with Gasteiger partial charge in [-0.3, -0.25) is 14.4 Å². The number of carbonyl (C=O) groups excluding carboxylic acids is 3. The third kappa shape index (κ3) is 4.12. The molecule has 2 amide bonds. The van der Waals surface area contributed by atoms with Gasteiger partial charge in [0.15, 0.2) is 5.78 Å². The first-order valence-electron chi connectivity index (χ1n) is 8.26. The Hall–Kier alpha value is -2.95. The molecular weight excluding hydrogens is 316 g/mol. The van der Waals surface area contributed by atoms with Crippen LogP contribution in [0.25, 0.3) is 0 Å². The van der Waals surface area contributed by atoms with E-state index < -0.39 is 0 Å². The predicted molar refractivity (Wildman–Crippen MR) is 95.0 cm³/mol. The third-order valence-corrected chi connectivity index (χ3v) is 4.34. The fourth-order valence-corrected chi connectivity index (χ4v) is 2.96. The molecule has 1 heterocycles. The molecule has 0 unspecified atom stereocenters. The monoisotopic (exact) mass is 336 g/mol. The van der Waals surface area contributed by atoms with E-state index in [1.165, 1.54) is 6.92 Å². The van der Waals surface area contributed by atoms with Gasteiger partial charge in [0.1, 0.15) is 0 Å². The number of benzene rings is 2. The van der Waals surface area contributed by atoms with Crippen molar-refractivity contribution in [1.82, 2.24) is 4.90 Å². The fraction of sp³-hybridized carbons (Fsp3) is 0.250. The van der Waals surface area contributed by atoms with E-state index in [4.69, 9.17) is 0 Å². The second-order valence-electron chi connectivity index (χ2n) is 6.29. The van der Waals surface area contributed by atoms with Crippen LogP contribution in [0.3, 0.4) is 0 Å². The van der Waals surface area contributed by atoms with Crippen LogP contribution in [-0.2, 0) is 16.1 Å². The number of ketones is 1. The molecule has 0 aliphatic carbocycles. The van der Waals surface area contributed by atoms with Gasteiger partial charge in [0.25, 0.3) is 0 Å². The van der Waals surface area contributed by atoms with Crippen molar-refractivity contribution in [2.24, 2.45) is 5.92 Å². The van der Waals surface area contributed by atoms with Gasteiger partial charge < -0.3 is 10.2 Å². The largest absolute Gasteiger partial charge is 0.338 e. The number of anilines is 1. The van der Waals surface area contributed by atoms with Crippen LogP contribution in [0.4, 0.5) is 5.69 Å². The summed E-state index contributed by atoms with van der Waals surface area (Å²) in [5.74, 6) is -0.635. The van der Waals surface area contributed by atoms with Crippen molar-refractivity contribution in [3.63, 3.8) is 0 Å². The van der Waals surface area contributed by atoms with Crippen LogP contribution < -0.4 is 5.32 Å². The molecule has 25 heavy (non-hydrogen) atoms. The summed E-state index contributed by atoms with van der Waals surface area (Å²) in [5.41, 5.74) is 2.17. The first kappa shape index (κ1) is 16.9. The van der Waals surface area contributed by atoms with Gasteiger partial charge in [-0.25, -0.2) is 0 Å². The topological polar surface area (TPSA) is 66.5 Å². The Kier molecular flexibility index (Phi) is 4.93. The van der Waals surface area contributed by atoms with Crippen molar-refractivity contribution in [3.8, 4) is 0 Å². The number of amides is 2. The van der Waals surface area contributed by atoms with Crippen molar-refractivity contribution in [2.75, 3.05) is 11.9 Å². The first-order valence-corrected chi connectivity index (χ1v) is 8.26. The maximum absolute atomic E-state index is 12.5. The molecule has 1 aliphatic heterocycles. The number of hydrogen-bond acceptors (Lipinski definition) is 3. The van der Waals surface area contributed by atoms with Gasteiger partial charge >= 0.3 is 0 Å². The van der Waals surface area contributed by atoms with Gasteiger partial charge in [-0.15, -0.1) is 0 Å². The van der Waals surface area contributed by atoms with E-state index in [1.54, 1.807) is 29.2 Å². The van der Waals surface area contributed by atoms with Crippen molar-refractivity contribution in [3.05, 3.63) is 65.7 Å². The van der Waals surface area contributed by atoms with Crippen LogP contribution in [0.15, 0.2) is 54.6 Å². The molecule has 3 rings (SSSR count). The lowest BCUT2D eigenvalue weighted by Gasteiger charge is -2.16. The van der Waals surface area contributed by atoms with Crippen LogP contribution in [0.1, 0.15) is 29.3 Å². The molecule has 1 aliphatic rings. The maximum Gasteiger partial charge on any atom is 0.229 e. The van der Waals surface area contributed by atoms with Crippen LogP contribution >= 0.6 is 0 Å². The molecule has 2 aromatic rings. The highest BCUT2D eigenvalue weighted by Crippen LogP contribution is 2.22. The number of rotatable bonds is 5. The summed E-state index contributed by atoms with van der Waals surface area (Å²) < 4.78 is 0. The van der Waals surface area contributed by atoms with E-state index in [1.807, 2.05) is 30.3 Å². The molecule has 0 saturated carbocycles. The lowest BCUT2D eigenvalue weighted by atomic mass is 10.1. The van der Waals surface area contributed by atoms with Crippen LogP contribution in [0.2, 0.25) is 0 Å². The average Bonchev–Trinajstić information content (AvgIpc) is 2.97. The quantitative estimate of drug-likeness (QED) is 0.854. The zero-order chi connectivity index (χ0) is 17.8. The smallest absolute Gasteiger partial charge is 0.229 e. The van der Waals surface area contributed by atoms with E-state index in [9.17, 15) is 14.4 Å². The minimum Gasteiger partial charge on any atom is -0.338 e. The highest BCUT2D eigenvalue weighted by molar-refractivity contribution is 5.99. The van der Waals surface area contributed by atoms with E-state index in [-0.39, 0.29) is 29.9 Å². The Balaban J connectivity index is 1.63. The SMILES string of the molecule is CC(=O)c1cccc(NC(=O)[C@H]2CC(=O)N(Cc3ccccc3)C2)c1. The number of Topliss-reactive ketones (excluding diaryl/α,β-unsaturated/α-hetero) is 1. The Morgan fingerprint density at radius 1 is 1.12 bits per heavy atom. The highest BCUT2D eigenvalue weighted by atomic mass is 16.2. The molecule has 0 aromatic heterocycles. The normalized spacial score (nSPS) is 16.8. The van der Waals surface area contributed by atoms with Gasteiger partial charge in [-0.1, -0.05) is 42.5 Å². The summed E-state index contributed by atoms with van der Waals surface area (Å²) in [7, 11) is 0. The second-order valence-corrected chi connectivity index (χ2v) is 6.29. The number of carbonyl (C=O) groups is 3. The Morgan fingerprint density at radius 3 is 2.60 bits per heavy atom. The third-order valence-electron chi connectivity index (χ3n) is 4.34. The van der Waals surface area contributed by atoms with Gasteiger partial charge in [0.05, 0.1) is 5.92 Å². The van der Waals surface area contributed by atoms with Crippen molar-refractivity contribution in [1.29, 1.82) is 0 Å². The van der Waals surface area contributed by atoms with E-state index >= 15 is 0 Å². The molecule has 5 heteroatoms. The lowest BCUT2D eigenvalue weighted by Crippen LogP contribution is -2.28. The summed E-state index contributed by atoms with van der Waals surface area (Å²) in [5, 5.41) is 2.81. The number of hydrogen-bond donors (Lipinski definition) is 1. The molecule has 0 radical (unpaired) electrons. The minimum atomic E-state index is -0.378. The molecule has 0 bridgehead atoms. The van der Waals surface area contributed by atoms with Crippen LogP contribution in [-0.4, -0.2) is 29.0 Å². The predicted octanol–water partition coefficient (Wildman–Crippen LogP) is 2.88. The average molecular weight is 336 g/mol. The summed E-state index contributed by atoms with van der Waals surface area (Å²) in [6.07, 6.45) is 0.213. The van der Waals surface area contributed by atoms with E-state index in [0.717, 1.165) is 5.56 Å². The fourth-order valence-electron chi connectivity index (χ4n) is 2.96. The van der Waals surface area contributed by atoms with Gasteiger partial charge in [-0.05, 0) is 24.6 Å². The molecular formula is C20H20N2O3. The molecule has 1 fully saturated rings. The molecule has 128 valence electrons. The summed E-state index contributed by atoms with van der Waals surface area (Å²) in [4.78, 5) is 37.8. The van der Waals surface area contributed by atoms with E-state index in [0.29, 0.717) is 24.3 Å². The molecule has 2 aromatic carbocycles. The van der Waals surface area contributed by atoms with Crippen LogP contribution in [0, 0.1) is 5.92 Å². The van der Waals surface area contributed by atoms with Crippen molar-refractivity contribution in [2.45, 2.75) is 19.9 Å². The van der Waals surface area contributed by atoms with Gasteiger partial charge in [-0.2, -0.15) is 0 Å². The summed E-state index contributed by atoms with van der Waals surface area (Å²) >= 11 is 0. The standard InChI is InChI=1S/C20H20N2O3/c1-14(23)16-8-5-9-18(10-16)21-20(25)17-11-19(24)22(13-17)12-15-6-3-2-4-7-15/h2-10,17H,11-13H2,1H3,(H,21,25)/t17-/m0/s1.